The Bertz CT molecular complexity index is 341. The molecule has 0 aliphatic heterocycles. The van der Waals surface area contributed by atoms with Crippen molar-refractivity contribution < 1.29 is 25.9 Å². The Morgan fingerprint density at radius 1 is 1.41 bits per heavy atom. The molecule has 0 bridgehead atoms. The van der Waals surface area contributed by atoms with Crippen molar-refractivity contribution in [1.29, 1.82) is 0 Å². The zero-order valence-corrected chi connectivity index (χ0v) is 13.3. The van der Waals surface area contributed by atoms with E-state index < -0.39 is 0 Å². The van der Waals surface area contributed by atoms with E-state index in [-0.39, 0.29) is 21.1 Å². The summed E-state index contributed by atoms with van der Waals surface area (Å²) in [5.41, 5.74) is 1.71. The van der Waals surface area contributed by atoms with E-state index in [2.05, 4.69) is 18.7 Å². The second-order valence-electron chi connectivity index (χ2n) is 4.13. The molecule has 94 valence electrons. The molecule has 2 nitrogen and oxygen atoms in total. The van der Waals surface area contributed by atoms with Gasteiger partial charge in [-0.1, -0.05) is 6.07 Å². The van der Waals surface area contributed by atoms with E-state index in [1.54, 1.807) is 6.07 Å². The summed E-state index contributed by atoms with van der Waals surface area (Å²) in [7, 11) is 2.04. The van der Waals surface area contributed by atoms with Crippen molar-refractivity contribution in [1.82, 2.24) is 4.90 Å². The predicted molar refractivity (Wildman–Crippen MR) is 66.7 cm³/mol. The predicted octanol–water partition coefficient (Wildman–Crippen LogP) is 2.04. The zero-order valence-electron chi connectivity index (χ0n) is 10.4. The van der Waals surface area contributed by atoms with Crippen molar-refractivity contribution >= 4 is 6.29 Å². The fraction of sp³-hybridized carbons (Fsp3) is 0.357. The number of hydrogen-bond donors (Lipinski definition) is 0. The summed E-state index contributed by atoms with van der Waals surface area (Å²) in [6, 6.07) is 7.60. The molecule has 1 aromatic rings. The average Bonchev–Trinajstić information content (AvgIpc) is 2.29. The van der Waals surface area contributed by atoms with Crippen LogP contribution in [0.4, 0.5) is 0 Å². The Labute approximate surface area is 119 Å². The molecule has 0 aliphatic carbocycles. The van der Waals surface area contributed by atoms with Crippen LogP contribution in [0.3, 0.4) is 0 Å². The number of benzene rings is 1. The smallest absolute Gasteiger partial charge is 0.0628 e. The van der Waals surface area contributed by atoms with Crippen LogP contribution in [0.5, 0.6) is 0 Å². The molecule has 1 rings (SSSR count). The monoisotopic (exact) mass is 400 g/mol. The molecule has 0 aliphatic rings. The van der Waals surface area contributed by atoms with Crippen LogP contribution in [0, 0.1) is 12.8 Å². The molecule has 0 heterocycles. The topological polar surface area (TPSA) is 20.3 Å². The summed E-state index contributed by atoms with van der Waals surface area (Å²) in [6.07, 6.45) is 2.81. The normalized spacial score (nSPS) is 10.4. The molecule has 0 radical (unpaired) electrons. The van der Waals surface area contributed by atoms with Gasteiger partial charge in [0, 0.05) is 21.1 Å². The van der Waals surface area contributed by atoms with Crippen molar-refractivity contribution in [3.63, 3.8) is 0 Å². The van der Waals surface area contributed by atoms with Crippen molar-refractivity contribution in [3.05, 3.63) is 48.2 Å². The maximum Gasteiger partial charge on any atom is 0.0628 e. The summed E-state index contributed by atoms with van der Waals surface area (Å²) < 4.78 is 0. The first-order chi connectivity index (χ1) is 7.67. The molecule has 0 spiro atoms. The number of nitrogens with zero attached hydrogens (tertiary/aromatic N) is 1. The van der Waals surface area contributed by atoms with E-state index in [1.807, 2.05) is 31.5 Å². The van der Waals surface area contributed by atoms with Gasteiger partial charge < -0.3 is 22.5 Å². The SMILES string of the molecule is [CH2-]CN(C)C[C-](C)Cc1ccccc1[C-]=O.[W]. The number of carbonyl (C=O) groups excluding carboxylic acids is 1. The van der Waals surface area contributed by atoms with Crippen LogP contribution in [0.15, 0.2) is 24.3 Å². The molecule has 1 aromatic carbocycles. The molecular formula is C14H18NOW-3. The van der Waals surface area contributed by atoms with E-state index in [4.69, 9.17) is 0 Å². The second-order valence-corrected chi connectivity index (χ2v) is 4.13. The van der Waals surface area contributed by atoms with Crippen LogP contribution in [0.2, 0.25) is 0 Å². The molecule has 0 fully saturated rings. The zero-order chi connectivity index (χ0) is 12.0. The molecule has 0 N–H and O–H groups in total. The van der Waals surface area contributed by atoms with Crippen LogP contribution in [0.25, 0.3) is 0 Å². The molecule has 0 aromatic heterocycles. The van der Waals surface area contributed by atoms with Crippen molar-refractivity contribution in [2.24, 2.45) is 0 Å². The van der Waals surface area contributed by atoms with Gasteiger partial charge in [0.1, 0.15) is 0 Å². The van der Waals surface area contributed by atoms with Crippen LogP contribution < -0.4 is 0 Å². The third-order valence-corrected chi connectivity index (χ3v) is 2.54. The summed E-state index contributed by atoms with van der Waals surface area (Å²) in [6.45, 7) is 7.64. The molecule has 17 heavy (non-hydrogen) atoms. The van der Waals surface area contributed by atoms with Gasteiger partial charge in [-0.15, -0.1) is 25.2 Å². The summed E-state index contributed by atoms with van der Waals surface area (Å²) >= 11 is 0. The Balaban J connectivity index is 0.00000256. The summed E-state index contributed by atoms with van der Waals surface area (Å²) in [5.74, 6) is 1.33. The minimum atomic E-state index is 0. The second kappa shape index (κ2) is 8.60. The summed E-state index contributed by atoms with van der Waals surface area (Å²) in [4.78, 5) is 12.9. The molecule has 0 amide bonds. The Hall–Kier alpha value is -0.462. The van der Waals surface area contributed by atoms with Gasteiger partial charge in [-0.25, -0.2) is 0 Å². The maximum absolute atomic E-state index is 10.7. The number of hydrogen-bond acceptors (Lipinski definition) is 2. The van der Waals surface area contributed by atoms with E-state index in [0.717, 1.165) is 25.1 Å². The fourth-order valence-electron chi connectivity index (χ4n) is 1.69. The van der Waals surface area contributed by atoms with Crippen LogP contribution in [-0.2, 0) is 32.3 Å². The molecule has 0 saturated carbocycles. The standard InChI is InChI=1S/C14H18NO.W/c1-4-15(3)10-12(2)9-13-7-5-6-8-14(13)11-16;/h5-8H,1,4,9-10H2,2-3H3;/q-3;. The van der Waals surface area contributed by atoms with Crippen LogP contribution in [0.1, 0.15) is 18.1 Å². The quantitative estimate of drug-likeness (QED) is 0.682. The summed E-state index contributed by atoms with van der Waals surface area (Å²) in [5, 5.41) is 0. The first kappa shape index (κ1) is 16.5. The van der Waals surface area contributed by atoms with Crippen LogP contribution in [-0.4, -0.2) is 31.3 Å². The molecule has 3 heteroatoms. The number of rotatable bonds is 6. The maximum atomic E-state index is 10.7. The van der Waals surface area contributed by atoms with Crippen LogP contribution >= 0.6 is 0 Å². The van der Waals surface area contributed by atoms with Gasteiger partial charge in [-0.05, 0) is 7.05 Å². The third kappa shape index (κ3) is 5.61. The molecule has 0 unspecified atom stereocenters. The van der Waals surface area contributed by atoms with Gasteiger partial charge >= 0.3 is 0 Å². The minimum Gasteiger partial charge on any atom is -0.376 e. The van der Waals surface area contributed by atoms with Gasteiger partial charge in [0.05, 0.1) is 6.29 Å². The van der Waals surface area contributed by atoms with Crippen molar-refractivity contribution in [3.8, 4) is 0 Å². The van der Waals surface area contributed by atoms with E-state index in [1.165, 1.54) is 5.92 Å². The van der Waals surface area contributed by atoms with Gasteiger partial charge in [-0.2, -0.15) is 30.5 Å². The van der Waals surface area contributed by atoms with Gasteiger partial charge in [0.25, 0.3) is 0 Å². The first-order valence-corrected chi connectivity index (χ1v) is 5.42. The van der Waals surface area contributed by atoms with Gasteiger partial charge in [0.15, 0.2) is 0 Å². The molecular weight excluding hydrogens is 382 g/mol. The molecule has 0 saturated heterocycles. The van der Waals surface area contributed by atoms with E-state index >= 15 is 0 Å². The average molecular weight is 400 g/mol. The molecule has 0 atom stereocenters. The Kier molecular flexibility index (Phi) is 8.37. The largest absolute Gasteiger partial charge is 0.376 e. The van der Waals surface area contributed by atoms with Crippen molar-refractivity contribution in [2.45, 2.75) is 13.3 Å². The Morgan fingerprint density at radius 2 is 2.06 bits per heavy atom. The van der Waals surface area contributed by atoms with E-state index in [9.17, 15) is 4.79 Å². The van der Waals surface area contributed by atoms with Gasteiger partial charge in [-0.3, -0.25) is 0 Å². The first-order valence-electron chi connectivity index (χ1n) is 5.42. The van der Waals surface area contributed by atoms with Gasteiger partial charge in [0.2, 0.25) is 0 Å². The Morgan fingerprint density at radius 3 is 2.65 bits per heavy atom. The van der Waals surface area contributed by atoms with Crippen molar-refractivity contribution in [2.75, 3.05) is 20.1 Å². The third-order valence-electron chi connectivity index (χ3n) is 2.54. The van der Waals surface area contributed by atoms with E-state index in [0.29, 0.717) is 5.56 Å². The minimum absolute atomic E-state index is 0. The fourth-order valence-corrected chi connectivity index (χ4v) is 1.69.